The molecule has 0 spiro atoms. The third-order valence-corrected chi connectivity index (χ3v) is 2.83. The molecule has 0 radical (unpaired) electrons. The van der Waals surface area contributed by atoms with E-state index in [4.69, 9.17) is 9.26 Å². The first-order valence-corrected chi connectivity index (χ1v) is 7.13. The first kappa shape index (κ1) is 17.2. The maximum Gasteiger partial charge on any atom is 0.338 e. The van der Waals surface area contributed by atoms with Gasteiger partial charge in [0, 0.05) is 31.3 Å². The van der Waals surface area contributed by atoms with Crippen LogP contribution in [0.2, 0.25) is 0 Å². The molecule has 0 aliphatic rings. The van der Waals surface area contributed by atoms with E-state index in [0.717, 1.165) is 0 Å². The fourth-order valence-corrected chi connectivity index (χ4v) is 2.00. The van der Waals surface area contributed by atoms with Gasteiger partial charge in [-0.2, -0.15) is 0 Å². The average molecular weight is 331 g/mol. The number of rotatable bonds is 5. The van der Waals surface area contributed by atoms with Crippen molar-refractivity contribution in [1.29, 1.82) is 0 Å². The summed E-state index contributed by atoms with van der Waals surface area (Å²) in [5.41, 5.74) is 1.61. The van der Waals surface area contributed by atoms with Gasteiger partial charge in [0.25, 0.3) is 0 Å². The Morgan fingerprint density at radius 3 is 2.08 bits per heavy atom. The second kappa shape index (κ2) is 7.40. The van der Waals surface area contributed by atoms with Crippen LogP contribution < -0.4 is 10.6 Å². The number of esters is 1. The van der Waals surface area contributed by atoms with Gasteiger partial charge in [-0.3, -0.25) is 9.59 Å². The minimum absolute atomic E-state index is 0.0699. The van der Waals surface area contributed by atoms with E-state index in [1.807, 2.05) is 0 Å². The molecule has 126 valence electrons. The minimum atomic E-state index is -0.622. The van der Waals surface area contributed by atoms with E-state index in [9.17, 15) is 14.4 Å². The monoisotopic (exact) mass is 331 g/mol. The molecule has 0 bridgehead atoms. The van der Waals surface area contributed by atoms with E-state index in [2.05, 4.69) is 15.8 Å². The molecule has 1 heterocycles. The molecule has 2 aromatic rings. The molecular formula is C16H17N3O5. The van der Waals surface area contributed by atoms with Gasteiger partial charge >= 0.3 is 5.97 Å². The summed E-state index contributed by atoms with van der Waals surface area (Å²) < 4.78 is 10.1. The molecule has 24 heavy (non-hydrogen) atoms. The Morgan fingerprint density at radius 1 is 1.04 bits per heavy atom. The van der Waals surface area contributed by atoms with Gasteiger partial charge in [0.2, 0.25) is 11.8 Å². The molecule has 0 saturated heterocycles. The predicted molar refractivity (Wildman–Crippen MR) is 85.4 cm³/mol. The van der Waals surface area contributed by atoms with Crippen LogP contribution in [0.4, 0.5) is 11.4 Å². The zero-order valence-corrected chi connectivity index (χ0v) is 13.5. The van der Waals surface area contributed by atoms with Crippen LogP contribution in [0.25, 0.3) is 0 Å². The van der Waals surface area contributed by atoms with E-state index in [1.165, 1.54) is 26.0 Å². The van der Waals surface area contributed by atoms with Gasteiger partial charge in [0.1, 0.15) is 0 Å². The van der Waals surface area contributed by atoms with Crippen molar-refractivity contribution < 1.29 is 23.6 Å². The number of ether oxygens (including phenoxy) is 1. The summed E-state index contributed by atoms with van der Waals surface area (Å²) in [6.07, 6.45) is 0. The molecule has 2 rings (SSSR count). The number of amides is 2. The molecule has 8 nitrogen and oxygen atoms in total. The number of carbonyl (C=O) groups is 3. The standard InChI is InChI=1S/C16H17N3O5/c1-9-4-15(24-19-9)8-23-16(22)12-5-13(17-10(2)20)7-14(6-12)18-11(3)21/h4-7H,8H2,1-3H3,(H,17,20)(H,18,21). The van der Waals surface area contributed by atoms with Crippen LogP contribution in [0.5, 0.6) is 0 Å². The Bertz CT molecular complexity index is 748. The highest BCUT2D eigenvalue weighted by Gasteiger charge is 2.13. The van der Waals surface area contributed by atoms with Crippen molar-refractivity contribution in [3.05, 3.63) is 41.3 Å². The van der Waals surface area contributed by atoms with Gasteiger partial charge in [-0.25, -0.2) is 4.79 Å². The van der Waals surface area contributed by atoms with Gasteiger partial charge in [0.05, 0.1) is 11.3 Å². The maximum absolute atomic E-state index is 12.2. The van der Waals surface area contributed by atoms with Crippen LogP contribution in [0.1, 0.15) is 35.7 Å². The predicted octanol–water partition coefficient (Wildman–Crippen LogP) is 2.26. The van der Waals surface area contributed by atoms with Crippen LogP contribution >= 0.6 is 0 Å². The summed E-state index contributed by atoms with van der Waals surface area (Å²) in [4.78, 5) is 34.6. The van der Waals surface area contributed by atoms with Crippen LogP contribution in [0.15, 0.2) is 28.8 Å². The summed E-state index contributed by atoms with van der Waals surface area (Å²) in [5.74, 6) is -0.804. The molecule has 0 aliphatic heterocycles. The van der Waals surface area contributed by atoms with E-state index in [-0.39, 0.29) is 24.0 Å². The third-order valence-electron chi connectivity index (χ3n) is 2.83. The Hall–Kier alpha value is -3.16. The van der Waals surface area contributed by atoms with Crippen molar-refractivity contribution in [1.82, 2.24) is 5.16 Å². The van der Waals surface area contributed by atoms with Gasteiger partial charge in [-0.05, 0) is 25.1 Å². The first-order valence-electron chi connectivity index (χ1n) is 7.13. The third kappa shape index (κ3) is 4.94. The highest BCUT2D eigenvalue weighted by atomic mass is 16.5. The van der Waals surface area contributed by atoms with E-state index >= 15 is 0 Å². The highest BCUT2D eigenvalue weighted by Crippen LogP contribution is 2.20. The lowest BCUT2D eigenvalue weighted by Gasteiger charge is -2.10. The van der Waals surface area contributed by atoms with Crippen molar-refractivity contribution in [2.45, 2.75) is 27.4 Å². The topological polar surface area (TPSA) is 111 Å². The lowest BCUT2D eigenvalue weighted by molar-refractivity contribution is -0.115. The van der Waals surface area contributed by atoms with E-state index in [1.54, 1.807) is 19.1 Å². The number of nitrogens with zero attached hydrogens (tertiary/aromatic N) is 1. The summed E-state index contributed by atoms with van der Waals surface area (Å²) in [6.45, 7) is 4.37. The summed E-state index contributed by atoms with van der Waals surface area (Å²) in [6, 6.07) is 6.12. The Kier molecular flexibility index (Phi) is 5.31. The van der Waals surface area contributed by atoms with E-state index in [0.29, 0.717) is 22.8 Å². The molecule has 0 saturated carbocycles. The molecule has 0 aliphatic carbocycles. The zero-order valence-electron chi connectivity index (χ0n) is 13.5. The number of aromatic nitrogens is 1. The fourth-order valence-electron chi connectivity index (χ4n) is 2.00. The number of aryl methyl sites for hydroxylation is 1. The number of hydrogen-bond acceptors (Lipinski definition) is 6. The van der Waals surface area contributed by atoms with Gasteiger partial charge < -0.3 is 19.9 Å². The van der Waals surface area contributed by atoms with Crippen molar-refractivity contribution >= 4 is 29.2 Å². The first-order chi connectivity index (χ1) is 11.3. The molecule has 0 atom stereocenters. The Morgan fingerprint density at radius 2 is 1.62 bits per heavy atom. The van der Waals surface area contributed by atoms with Crippen molar-refractivity contribution in [3.8, 4) is 0 Å². The lowest BCUT2D eigenvalue weighted by Crippen LogP contribution is -2.12. The molecule has 2 N–H and O–H groups in total. The quantitative estimate of drug-likeness (QED) is 0.813. The largest absolute Gasteiger partial charge is 0.454 e. The summed E-state index contributed by atoms with van der Waals surface area (Å²) in [5, 5.41) is 8.83. The number of nitrogens with one attached hydrogen (secondary N) is 2. The molecule has 1 aromatic heterocycles. The number of carbonyl (C=O) groups excluding carboxylic acids is 3. The molecule has 8 heteroatoms. The van der Waals surface area contributed by atoms with Crippen molar-refractivity contribution in [3.63, 3.8) is 0 Å². The molecule has 1 aromatic carbocycles. The number of hydrogen-bond donors (Lipinski definition) is 2. The molecular weight excluding hydrogens is 314 g/mol. The minimum Gasteiger partial charge on any atom is -0.454 e. The fraction of sp³-hybridized carbons (Fsp3) is 0.250. The van der Waals surface area contributed by atoms with Gasteiger partial charge in [-0.1, -0.05) is 5.16 Å². The second-order valence-electron chi connectivity index (χ2n) is 5.17. The van der Waals surface area contributed by atoms with Crippen LogP contribution in [-0.4, -0.2) is 22.9 Å². The highest BCUT2D eigenvalue weighted by molar-refractivity contribution is 5.97. The van der Waals surface area contributed by atoms with E-state index < -0.39 is 5.97 Å². The Balaban J connectivity index is 2.17. The van der Waals surface area contributed by atoms with Crippen LogP contribution in [0.3, 0.4) is 0 Å². The normalized spacial score (nSPS) is 10.1. The zero-order chi connectivity index (χ0) is 17.7. The second-order valence-corrected chi connectivity index (χ2v) is 5.17. The SMILES string of the molecule is CC(=O)Nc1cc(NC(C)=O)cc(C(=O)OCc2cc(C)no2)c1. The number of anilines is 2. The molecule has 2 amide bonds. The van der Waals surface area contributed by atoms with Crippen molar-refractivity contribution in [2.75, 3.05) is 10.6 Å². The summed E-state index contributed by atoms with van der Waals surface area (Å²) >= 11 is 0. The average Bonchev–Trinajstić information content (AvgIpc) is 2.88. The lowest BCUT2D eigenvalue weighted by atomic mass is 10.1. The van der Waals surface area contributed by atoms with Crippen molar-refractivity contribution in [2.24, 2.45) is 0 Å². The summed E-state index contributed by atoms with van der Waals surface area (Å²) in [7, 11) is 0. The smallest absolute Gasteiger partial charge is 0.338 e. The Labute approximate surface area is 138 Å². The maximum atomic E-state index is 12.2. The van der Waals surface area contributed by atoms with Gasteiger partial charge in [0.15, 0.2) is 12.4 Å². The van der Waals surface area contributed by atoms with Crippen LogP contribution in [0, 0.1) is 6.92 Å². The van der Waals surface area contributed by atoms with Crippen LogP contribution in [-0.2, 0) is 20.9 Å². The number of benzene rings is 1. The molecule has 0 unspecified atom stereocenters. The van der Waals surface area contributed by atoms with Gasteiger partial charge in [-0.15, -0.1) is 0 Å². The molecule has 0 fully saturated rings.